The van der Waals surface area contributed by atoms with Gasteiger partial charge in [0.25, 0.3) is 0 Å². The minimum atomic E-state index is 0.146. The average molecular weight is 366 g/mol. The highest BCUT2D eigenvalue weighted by Crippen LogP contribution is 2.27. The lowest BCUT2D eigenvalue weighted by Gasteiger charge is -2.42. The zero-order valence-corrected chi connectivity index (χ0v) is 17.2. The summed E-state index contributed by atoms with van der Waals surface area (Å²) in [5.41, 5.74) is 0.146. The van der Waals surface area contributed by atoms with Crippen LogP contribution in [0.5, 0.6) is 0 Å². The molecule has 0 saturated carbocycles. The van der Waals surface area contributed by atoms with Crippen LogP contribution in [0.15, 0.2) is 4.99 Å². The van der Waals surface area contributed by atoms with Crippen molar-refractivity contribution in [1.82, 2.24) is 20.0 Å². The van der Waals surface area contributed by atoms with Crippen LogP contribution in [-0.2, 0) is 4.74 Å². The maximum atomic E-state index is 5.60. The van der Waals surface area contributed by atoms with E-state index < -0.39 is 0 Å². The molecule has 1 N–H and O–H groups in total. The molecule has 150 valence electrons. The Morgan fingerprint density at radius 1 is 1.19 bits per heavy atom. The van der Waals surface area contributed by atoms with Crippen LogP contribution in [0.1, 0.15) is 39.0 Å². The molecule has 0 aliphatic carbocycles. The van der Waals surface area contributed by atoms with E-state index in [0.717, 1.165) is 64.1 Å². The molecule has 0 aromatic heterocycles. The van der Waals surface area contributed by atoms with Gasteiger partial charge in [0.1, 0.15) is 0 Å². The molecule has 3 aliphatic heterocycles. The summed E-state index contributed by atoms with van der Waals surface area (Å²) in [4.78, 5) is 12.6. The van der Waals surface area contributed by atoms with Gasteiger partial charge in [-0.15, -0.1) is 0 Å². The van der Waals surface area contributed by atoms with E-state index in [-0.39, 0.29) is 5.54 Å². The Balaban J connectivity index is 1.59. The van der Waals surface area contributed by atoms with Gasteiger partial charge in [0.15, 0.2) is 5.96 Å². The topological polar surface area (TPSA) is 43.3 Å². The number of nitrogens with zero attached hydrogens (tertiary/aromatic N) is 4. The zero-order valence-electron chi connectivity index (χ0n) is 17.2. The third-order valence-electron chi connectivity index (χ3n) is 6.53. The molecule has 3 saturated heterocycles. The van der Waals surface area contributed by atoms with Gasteiger partial charge in [0.2, 0.25) is 0 Å². The first kappa shape index (κ1) is 19.9. The molecule has 1 unspecified atom stereocenters. The normalized spacial score (nSPS) is 27.5. The number of hydrogen-bond donors (Lipinski definition) is 1. The third-order valence-corrected chi connectivity index (χ3v) is 6.53. The van der Waals surface area contributed by atoms with Crippen LogP contribution in [-0.4, -0.2) is 99.3 Å². The van der Waals surface area contributed by atoms with E-state index >= 15 is 0 Å². The highest BCUT2D eigenvalue weighted by molar-refractivity contribution is 5.80. The molecule has 3 heterocycles. The predicted octanol–water partition coefficient (Wildman–Crippen LogP) is 1.48. The number of ether oxygens (including phenoxy) is 1. The van der Waals surface area contributed by atoms with Crippen molar-refractivity contribution in [3.8, 4) is 0 Å². The van der Waals surface area contributed by atoms with Gasteiger partial charge in [-0.3, -0.25) is 4.99 Å². The van der Waals surface area contributed by atoms with Gasteiger partial charge in [-0.1, -0.05) is 0 Å². The van der Waals surface area contributed by atoms with Crippen LogP contribution in [0.3, 0.4) is 0 Å². The van der Waals surface area contributed by atoms with Crippen LogP contribution in [0.4, 0.5) is 0 Å². The Morgan fingerprint density at radius 3 is 2.58 bits per heavy atom. The van der Waals surface area contributed by atoms with E-state index in [1.165, 1.54) is 38.9 Å². The second-order valence-electron chi connectivity index (χ2n) is 8.51. The van der Waals surface area contributed by atoms with Crippen LogP contribution in [0, 0.1) is 5.92 Å². The molecular weight excluding hydrogens is 326 g/mol. The largest absolute Gasteiger partial charge is 0.381 e. The quantitative estimate of drug-likeness (QED) is 0.571. The molecule has 3 fully saturated rings. The average Bonchev–Trinajstić information content (AvgIpc) is 3.32. The Morgan fingerprint density at radius 2 is 1.92 bits per heavy atom. The molecule has 3 aliphatic rings. The molecule has 0 aromatic rings. The minimum Gasteiger partial charge on any atom is -0.381 e. The van der Waals surface area contributed by atoms with Crippen molar-refractivity contribution in [2.24, 2.45) is 10.9 Å². The van der Waals surface area contributed by atoms with Crippen LogP contribution < -0.4 is 5.32 Å². The lowest BCUT2D eigenvalue weighted by atomic mass is 9.89. The van der Waals surface area contributed by atoms with Gasteiger partial charge in [0, 0.05) is 44.9 Å². The van der Waals surface area contributed by atoms with E-state index in [0.29, 0.717) is 0 Å². The predicted molar refractivity (Wildman–Crippen MR) is 108 cm³/mol. The molecule has 6 nitrogen and oxygen atoms in total. The second-order valence-corrected chi connectivity index (χ2v) is 8.51. The molecule has 0 aromatic carbocycles. The summed E-state index contributed by atoms with van der Waals surface area (Å²) in [6, 6.07) is 0. The minimum absolute atomic E-state index is 0.146. The molecule has 0 spiro atoms. The Hall–Kier alpha value is -0.850. The summed E-state index contributed by atoms with van der Waals surface area (Å²) in [5, 5.41) is 3.55. The van der Waals surface area contributed by atoms with Gasteiger partial charge in [-0.25, -0.2) is 0 Å². The molecule has 26 heavy (non-hydrogen) atoms. The summed E-state index contributed by atoms with van der Waals surface area (Å²) >= 11 is 0. The second kappa shape index (κ2) is 9.38. The first-order valence-corrected chi connectivity index (χ1v) is 10.6. The van der Waals surface area contributed by atoms with Crippen molar-refractivity contribution in [3.63, 3.8) is 0 Å². The molecule has 0 radical (unpaired) electrons. The van der Waals surface area contributed by atoms with E-state index in [1.807, 2.05) is 0 Å². The fourth-order valence-electron chi connectivity index (χ4n) is 4.65. The maximum Gasteiger partial charge on any atom is 0.193 e. The molecule has 6 heteroatoms. The summed E-state index contributed by atoms with van der Waals surface area (Å²) in [5.74, 6) is 1.91. The monoisotopic (exact) mass is 365 g/mol. The van der Waals surface area contributed by atoms with E-state index in [2.05, 4.69) is 41.0 Å². The highest BCUT2D eigenvalue weighted by Gasteiger charge is 2.35. The van der Waals surface area contributed by atoms with Crippen molar-refractivity contribution in [2.75, 3.05) is 73.1 Å². The molecular formula is C20H39N5O. The Bertz CT molecular complexity index is 455. The first-order valence-electron chi connectivity index (χ1n) is 10.6. The number of likely N-dealkylation sites (tertiary alicyclic amines) is 2. The maximum absolute atomic E-state index is 5.60. The zero-order chi connectivity index (χ0) is 18.4. The standard InChI is InChI=1S/C20H39N5O/c1-4-21-19(22-17-20(23(2)3)8-13-26-14-9-20)25-12-7-18(16-25)15-24-10-5-6-11-24/h18H,4-17H2,1-3H3,(H,21,22). The summed E-state index contributed by atoms with van der Waals surface area (Å²) in [6.45, 7) is 11.8. The summed E-state index contributed by atoms with van der Waals surface area (Å²) in [7, 11) is 4.38. The highest BCUT2D eigenvalue weighted by atomic mass is 16.5. The SMILES string of the molecule is CCNC(=NCC1(N(C)C)CCOCC1)N1CCC(CN2CCCC2)C1. The Kier molecular flexibility index (Phi) is 7.18. The van der Waals surface area contributed by atoms with Gasteiger partial charge >= 0.3 is 0 Å². The molecule has 0 amide bonds. The molecule has 3 rings (SSSR count). The Labute approximate surface area is 159 Å². The molecule has 0 bridgehead atoms. The van der Waals surface area contributed by atoms with Gasteiger partial charge in [-0.2, -0.15) is 0 Å². The van der Waals surface area contributed by atoms with Crippen molar-refractivity contribution in [1.29, 1.82) is 0 Å². The van der Waals surface area contributed by atoms with Gasteiger partial charge in [-0.05, 0) is 72.1 Å². The van der Waals surface area contributed by atoms with Crippen molar-refractivity contribution >= 4 is 5.96 Å². The van der Waals surface area contributed by atoms with Crippen molar-refractivity contribution < 1.29 is 4.74 Å². The fourth-order valence-corrected chi connectivity index (χ4v) is 4.65. The number of nitrogens with one attached hydrogen (secondary N) is 1. The summed E-state index contributed by atoms with van der Waals surface area (Å²) < 4.78 is 5.60. The van der Waals surface area contributed by atoms with E-state index in [1.54, 1.807) is 0 Å². The smallest absolute Gasteiger partial charge is 0.193 e. The van der Waals surface area contributed by atoms with Crippen molar-refractivity contribution in [3.05, 3.63) is 0 Å². The first-order chi connectivity index (χ1) is 12.6. The van der Waals surface area contributed by atoms with Crippen LogP contribution in [0.2, 0.25) is 0 Å². The fraction of sp³-hybridized carbons (Fsp3) is 0.950. The van der Waals surface area contributed by atoms with Crippen LogP contribution in [0.25, 0.3) is 0 Å². The third kappa shape index (κ3) is 4.90. The van der Waals surface area contributed by atoms with Crippen LogP contribution >= 0.6 is 0 Å². The van der Waals surface area contributed by atoms with Crippen molar-refractivity contribution in [2.45, 2.75) is 44.6 Å². The lowest BCUT2D eigenvalue weighted by molar-refractivity contribution is -0.00263. The number of guanidine groups is 1. The molecule has 1 atom stereocenters. The lowest BCUT2D eigenvalue weighted by Crippen LogP contribution is -2.52. The number of aliphatic imine (C=N–C) groups is 1. The van der Waals surface area contributed by atoms with Gasteiger partial charge in [0.05, 0.1) is 6.54 Å². The van der Waals surface area contributed by atoms with E-state index in [9.17, 15) is 0 Å². The number of hydrogen-bond acceptors (Lipinski definition) is 4. The number of likely N-dealkylation sites (N-methyl/N-ethyl adjacent to an activating group) is 1. The summed E-state index contributed by atoms with van der Waals surface area (Å²) in [6.07, 6.45) is 6.21. The number of rotatable bonds is 6. The van der Waals surface area contributed by atoms with Gasteiger partial charge < -0.3 is 24.8 Å². The van der Waals surface area contributed by atoms with E-state index in [4.69, 9.17) is 9.73 Å².